The monoisotopic (exact) mass is 386 g/mol. The molecule has 128 valence electrons. The van der Waals surface area contributed by atoms with Crippen molar-refractivity contribution in [3.05, 3.63) is 63.6 Å². The highest BCUT2D eigenvalue weighted by atomic mass is 35.5. The molecule has 0 radical (unpaired) electrons. The summed E-state index contributed by atoms with van der Waals surface area (Å²) in [5.74, 6) is 0.661. The minimum atomic E-state index is -0.285. The summed E-state index contributed by atoms with van der Waals surface area (Å²) in [6.07, 6.45) is 0.443. The number of aromatic amines is 1. The third-order valence-electron chi connectivity index (χ3n) is 4.18. The highest BCUT2D eigenvalue weighted by molar-refractivity contribution is 6.42. The van der Waals surface area contributed by atoms with E-state index in [1.54, 1.807) is 28.8 Å². The van der Waals surface area contributed by atoms with Crippen LogP contribution in [0.3, 0.4) is 0 Å². The quantitative estimate of drug-likeness (QED) is 0.493. The van der Waals surface area contributed by atoms with E-state index in [1.165, 1.54) is 12.1 Å². The molecule has 1 N–H and O–H groups in total. The van der Waals surface area contributed by atoms with Crippen molar-refractivity contribution < 1.29 is 4.39 Å². The Kier molecular flexibility index (Phi) is 3.35. The first-order valence-electron chi connectivity index (χ1n) is 7.72. The molecule has 0 aliphatic heterocycles. The molecule has 6 nitrogen and oxygen atoms in total. The summed E-state index contributed by atoms with van der Waals surface area (Å²) in [5, 5.41) is 14.6. The lowest BCUT2D eigenvalue weighted by Gasteiger charge is -2.00. The molecule has 5 rings (SSSR count). The number of H-pyrrole nitrogens is 1. The van der Waals surface area contributed by atoms with Crippen molar-refractivity contribution in [1.82, 2.24) is 29.8 Å². The zero-order chi connectivity index (χ0) is 17.8. The Hall–Kier alpha value is -2.77. The summed E-state index contributed by atoms with van der Waals surface area (Å²) in [7, 11) is 0. The van der Waals surface area contributed by atoms with E-state index in [-0.39, 0.29) is 5.82 Å². The lowest BCUT2D eigenvalue weighted by molar-refractivity contribution is 0.627. The minimum Gasteiger partial charge on any atom is -0.336 e. The topological polar surface area (TPSA) is 71.8 Å². The molecule has 0 saturated carbocycles. The molecule has 0 amide bonds. The molecule has 5 aromatic rings. The van der Waals surface area contributed by atoms with Gasteiger partial charge in [-0.25, -0.2) is 4.39 Å². The van der Waals surface area contributed by atoms with E-state index >= 15 is 0 Å². The van der Waals surface area contributed by atoms with Crippen molar-refractivity contribution >= 4 is 51.0 Å². The molecule has 0 aliphatic rings. The molecule has 0 saturated heterocycles. The molecule has 3 aromatic heterocycles. The van der Waals surface area contributed by atoms with Crippen LogP contribution in [0.25, 0.3) is 27.8 Å². The second kappa shape index (κ2) is 5.62. The number of hydrogen-bond donors (Lipinski definition) is 1. The van der Waals surface area contributed by atoms with Crippen LogP contribution in [0.15, 0.2) is 36.4 Å². The Morgan fingerprint density at radius 1 is 1.00 bits per heavy atom. The number of rotatable bonds is 2. The standard InChI is InChI=1S/C17H9Cl2FN6/c18-10-5-6-11(19)14-13(10)15-16(21-14)22-17-24-23-12(26(17)25-15)7-8-1-3-9(20)4-2-8/h1-6H,7H2,(H,21,22,24). The molecule has 3 heterocycles. The number of halogens is 3. The third kappa shape index (κ3) is 2.32. The van der Waals surface area contributed by atoms with Crippen LogP contribution in [0, 0.1) is 5.82 Å². The average molecular weight is 387 g/mol. The number of aromatic nitrogens is 6. The fourth-order valence-electron chi connectivity index (χ4n) is 2.95. The van der Waals surface area contributed by atoms with Crippen LogP contribution in [0.1, 0.15) is 11.4 Å². The van der Waals surface area contributed by atoms with E-state index < -0.39 is 0 Å². The summed E-state index contributed by atoms with van der Waals surface area (Å²) in [6.45, 7) is 0. The molecule has 9 heteroatoms. The maximum absolute atomic E-state index is 13.1. The summed E-state index contributed by atoms with van der Waals surface area (Å²) >= 11 is 12.6. The molecular weight excluding hydrogens is 378 g/mol. The molecule has 0 spiro atoms. The SMILES string of the molecule is Fc1ccc(Cc2nnc3nc4[nH]c5c(Cl)ccc(Cl)c5c4nn23)cc1. The highest BCUT2D eigenvalue weighted by Crippen LogP contribution is 2.33. The van der Waals surface area contributed by atoms with Crippen LogP contribution in [-0.2, 0) is 6.42 Å². The van der Waals surface area contributed by atoms with E-state index in [4.69, 9.17) is 23.2 Å². The summed E-state index contributed by atoms with van der Waals surface area (Å²) in [4.78, 5) is 7.60. The van der Waals surface area contributed by atoms with E-state index in [2.05, 4.69) is 25.3 Å². The zero-order valence-corrected chi connectivity index (χ0v) is 14.6. The first-order chi connectivity index (χ1) is 12.6. The van der Waals surface area contributed by atoms with Gasteiger partial charge in [0.1, 0.15) is 11.3 Å². The lowest BCUT2D eigenvalue weighted by Crippen LogP contribution is -2.01. The number of fused-ring (bicyclic) bond motifs is 4. The fourth-order valence-corrected chi connectivity index (χ4v) is 3.40. The van der Waals surface area contributed by atoms with Gasteiger partial charge < -0.3 is 4.98 Å². The fraction of sp³-hybridized carbons (Fsp3) is 0.0588. The first kappa shape index (κ1) is 15.5. The molecular formula is C17H9Cl2FN6. The van der Waals surface area contributed by atoms with Crippen LogP contribution in [0.2, 0.25) is 10.0 Å². The predicted octanol–water partition coefficient (Wildman–Crippen LogP) is 4.19. The van der Waals surface area contributed by atoms with Gasteiger partial charge in [0, 0.05) is 11.8 Å². The number of hydrogen-bond acceptors (Lipinski definition) is 4. The second-order valence-corrected chi connectivity index (χ2v) is 6.66. The van der Waals surface area contributed by atoms with Crippen molar-refractivity contribution in [3.63, 3.8) is 0 Å². The maximum atomic E-state index is 13.1. The zero-order valence-electron chi connectivity index (χ0n) is 13.0. The van der Waals surface area contributed by atoms with Crippen LogP contribution < -0.4 is 0 Å². The van der Waals surface area contributed by atoms with Gasteiger partial charge in [-0.15, -0.1) is 10.2 Å². The van der Waals surface area contributed by atoms with Gasteiger partial charge in [-0.3, -0.25) is 0 Å². The molecule has 0 fully saturated rings. The Morgan fingerprint density at radius 2 is 1.77 bits per heavy atom. The third-order valence-corrected chi connectivity index (χ3v) is 4.81. The van der Waals surface area contributed by atoms with Gasteiger partial charge in [0.05, 0.1) is 15.6 Å². The van der Waals surface area contributed by atoms with E-state index in [1.807, 2.05) is 0 Å². The number of nitrogens with one attached hydrogen (secondary N) is 1. The summed E-state index contributed by atoms with van der Waals surface area (Å²) < 4.78 is 14.7. The smallest absolute Gasteiger partial charge is 0.273 e. The normalized spacial score (nSPS) is 11.8. The van der Waals surface area contributed by atoms with Crippen molar-refractivity contribution in [1.29, 1.82) is 0 Å². The van der Waals surface area contributed by atoms with Gasteiger partial charge in [0.2, 0.25) is 0 Å². The molecule has 0 atom stereocenters. The van der Waals surface area contributed by atoms with E-state index in [0.717, 1.165) is 5.56 Å². The summed E-state index contributed by atoms with van der Waals surface area (Å²) in [6, 6.07) is 9.65. The minimum absolute atomic E-state index is 0.285. The Morgan fingerprint density at radius 3 is 2.58 bits per heavy atom. The molecule has 2 aromatic carbocycles. The van der Waals surface area contributed by atoms with Crippen LogP contribution >= 0.6 is 23.2 Å². The van der Waals surface area contributed by atoms with Crippen LogP contribution in [0.4, 0.5) is 4.39 Å². The number of nitrogens with zero attached hydrogens (tertiary/aromatic N) is 5. The number of benzene rings is 2. The van der Waals surface area contributed by atoms with Crippen molar-refractivity contribution in [3.8, 4) is 0 Å². The maximum Gasteiger partial charge on any atom is 0.273 e. The molecule has 0 aliphatic carbocycles. The van der Waals surface area contributed by atoms with Crippen LogP contribution in [-0.4, -0.2) is 29.8 Å². The van der Waals surface area contributed by atoms with Gasteiger partial charge in [-0.2, -0.15) is 14.6 Å². The van der Waals surface area contributed by atoms with Crippen molar-refractivity contribution in [2.24, 2.45) is 0 Å². The first-order valence-corrected chi connectivity index (χ1v) is 8.48. The van der Waals surface area contributed by atoms with Crippen LogP contribution in [0.5, 0.6) is 0 Å². The van der Waals surface area contributed by atoms with E-state index in [9.17, 15) is 4.39 Å². The van der Waals surface area contributed by atoms with Gasteiger partial charge in [-0.05, 0) is 29.8 Å². The molecule has 26 heavy (non-hydrogen) atoms. The highest BCUT2D eigenvalue weighted by Gasteiger charge is 2.17. The average Bonchev–Trinajstić information content (AvgIpc) is 3.20. The Balaban J connectivity index is 1.73. The summed E-state index contributed by atoms with van der Waals surface area (Å²) in [5.41, 5.74) is 2.68. The molecule has 0 bridgehead atoms. The lowest BCUT2D eigenvalue weighted by atomic mass is 10.1. The predicted molar refractivity (Wildman–Crippen MR) is 97.2 cm³/mol. The van der Waals surface area contributed by atoms with Gasteiger partial charge in [0.15, 0.2) is 11.5 Å². The van der Waals surface area contributed by atoms with Crippen molar-refractivity contribution in [2.45, 2.75) is 6.42 Å². The Labute approximate surface area is 155 Å². The van der Waals surface area contributed by atoms with Gasteiger partial charge in [-0.1, -0.05) is 35.3 Å². The second-order valence-electron chi connectivity index (χ2n) is 5.84. The van der Waals surface area contributed by atoms with Gasteiger partial charge >= 0.3 is 0 Å². The largest absolute Gasteiger partial charge is 0.336 e. The molecule has 0 unspecified atom stereocenters. The van der Waals surface area contributed by atoms with Crippen molar-refractivity contribution in [2.75, 3.05) is 0 Å². The van der Waals surface area contributed by atoms with Gasteiger partial charge in [0.25, 0.3) is 5.78 Å². The Bertz CT molecular complexity index is 1290. The van der Waals surface area contributed by atoms with E-state index in [0.29, 0.717) is 50.1 Å².